The van der Waals surface area contributed by atoms with Gasteiger partial charge in [0.2, 0.25) is 0 Å². The van der Waals surface area contributed by atoms with Gasteiger partial charge in [0.15, 0.2) is 5.78 Å². The van der Waals surface area contributed by atoms with Gasteiger partial charge in [0, 0.05) is 30.6 Å². The molecule has 0 unspecified atom stereocenters. The predicted molar refractivity (Wildman–Crippen MR) is 73.8 cm³/mol. The fourth-order valence-corrected chi connectivity index (χ4v) is 3.10. The molecule has 19 heavy (non-hydrogen) atoms. The van der Waals surface area contributed by atoms with Crippen LogP contribution in [0.1, 0.15) is 18.4 Å². The monoisotopic (exact) mass is 252 g/mol. The van der Waals surface area contributed by atoms with Crippen LogP contribution < -0.4 is 4.90 Å². The summed E-state index contributed by atoms with van der Waals surface area (Å²) in [7, 11) is 0. The Morgan fingerprint density at radius 1 is 1.32 bits per heavy atom. The van der Waals surface area contributed by atoms with Gasteiger partial charge < -0.3 is 4.90 Å². The Morgan fingerprint density at radius 2 is 2.05 bits per heavy atom. The number of benzene rings is 1. The molecule has 1 aromatic carbocycles. The van der Waals surface area contributed by atoms with Crippen molar-refractivity contribution >= 4 is 11.5 Å². The molecule has 1 heterocycles. The van der Waals surface area contributed by atoms with Crippen molar-refractivity contribution in [3.8, 4) is 6.07 Å². The van der Waals surface area contributed by atoms with Crippen molar-refractivity contribution in [2.45, 2.75) is 19.8 Å². The number of aryl methyl sites for hydroxylation is 1. The van der Waals surface area contributed by atoms with Crippen LogP contribution in [0.2, 0.25) is 0 Å². The van der Waals surface area contributed by atoms with Crippen LogP contribution in [0.25, 0.3) is 0 Å². The molecule has 1 fully saturated rings. The summed E-state index contributed by atoms with van der Waals surface area (Å²) in [6.45, 7) is 3.94. The van der Waals surface area contributed by atoms with Crippen molar-refractivity contribution in [1.82, 2.24) is 0 Å². The standard InChI is InChI=1S/C16H16N2O/c1-12-4-2-3-5-14(12)18-10-16(11-18)7-6-15(19)13(8-16)9-17/h2-5,8H,6-7,10-11H2,1H3. The summed E-state index contributed by atoms with van der Waals surface area (Å²) in [5.74, 6) is 0.00228. The maximum absolute atomic E-state index is 11.6. The highest BCUT2D eigenvalue weighted by Crippen LogP contribution is 2.43. The van der Waals surface area contributed by atoms with Crippen molar-refractivity contribution < 1.29 is 4.79 Å². The first-order valence-electron chi connectivity index (χ1n) is 6.60. The summed E-state index contributed by atoms with van der Waals surface area (Å²) >= 11 is 0. The van der Waals surface area contributed by atoms with Crippen LogP contribution in [-0.4, -0.2) is 18.9 Å². The van der Waals surface area contributed by atoms with E-state index < -0.39 is 0 Å². The molecule has 3 nitrogen and oxygen atoms in total. The van der Waals surface area contributed by atoms with E-state index in [0.717, 1.165) is 19.5 Å². The number of hydrogen-bond donors (Lipinski definition) is 0. The number of nitriles is 1. The van der Waals surface area contributed by atoms with Crippen molar-refractivity contribution in [2.75, 3.05) is 18.0 Å². The minimum Gasteiger partial charge on any atom is -0.369 e. The first-order chi connectivity index (χ1) is 9.13. The normalized spacial score (nSPS) is 20.7. The number of allylic oxidation sites excluding steroid dienone is 1. The molecule has 0 saturated carbocycles. The number of rotatable bonds is 1. The van der Waals surface area contributed by atoms with Gasteiger partial charge >= 0.3 is 0 Å². The highest BCUT2D eigenvalue weighted by Gasteiger charge is 2.44. The third kappa shape index (κ3) is 1.94. The molecule has 0 amide bonds. The quantitative estimate of drug-likeness (QED) is 0.771. The van der Waals surface area contributed by atoms with E-state index in [0.29, 0.717) is 12.0 Å². The fraction of sp³-hybridized carbons (Fsp3) is 0.375. The van der Waals surface area contributed by atoms with Gasteiger partial charge in [-0.1, -0.05) is 24.3 Å². The van der Waals surface area contributed by atoms with Crippen LogP contribution in [0.15, 0.2) is 35.9 Å². The van der Waals surface area contributed by atoms with Gasteiger partial charge in [-0.3, -0.25) is 4.79 Å². The van der Waals surface area contributed by atoms with E-state index in [2.05, 4.69) is 24.0 Å². The van der Waals surface area contributed by atoms with E-state index in [1.165, 1.54) is 11.3 Å². The Labute approximate surface area is 113 Å². The minimum absolute atomic E-state index is 0.00228. The zero-order valence-corrected chi connectivity index (χ0v) is 11.0. The van der Waals surface area contributed by atoms with E-state index in [-0.39, 0.29) is 11.2 Å². The van der Waals surface area contributed by atoms with Crippen molar-refractivity contribution in [2.24, 2.45) is 5.41 Å². The molecular weight excluding hydrogens is 236 g/mol. The summed E-state index contributed by atoms with van der Waals surface area (Å²) < 4.78 is 0. The second-order valence-corrected chi connectivity index (χ2v) is 5.60. The number of hydrogen-bond acceptors (Lipinski definition) is 3. The van der Waals surface area contributed by atoms with E-state index in [1.807, 2.05) is 24.3 Å². The molecule has 1 saturated heterocycles. The third-order valence-electron chi connectivity index (χ3n) is 4.19. The highest BCUT2D eigenvalue weighted by atomic mass is 16.1. The molecule has 3 rings (SSSR count). The molecule has 2 aliphatic rings. The number of ketones is 1. The smallest absolute Gasteiger partial charge is 0.173 e. The Balaban J connectivity index is 1.80. The summed E-state index contributed by atoms with van der Waals surface area (Å²) in [5.41, 5.74) is 2.93. The van der Waals surface area contributed by atoms with E-state index in [4.69, 9.17) is 5.26 Å². The molecular formula is C16H16N2O. The van der Waals surface area contributed by atoms with E-state index in [1.54, 1.807) is 0 Å². The van der Waals surface area contributed by atoms with Gasteiger partial charge in [0.05, 0.1) is 5.57 Å². The molecule has 96 valence electrons. The van der Waals surface area contributed by atoms with E-state index >= 15 is 0 Å². The van der Waals surface area contributed by atoms with Crippen LogP contribution in [0.3, 0.4) is 0 Å². The fourth-order valence-electron chi connectivity index (χ4n) is 3.10. The Bertz CT molecular complexity index is 603. The summed E-state index contributed by atoms with van der Waals surface area (Å²) in [5, 5.41) is 8.99. The maximum Gasteiger partial charge on any atom is 0.173 e. The molecule has 1 aromatic rings. The Morgan fingerprint density at radius 3 is 2.74 bits per heavy atom. The Kier molecular flexibility index (Phi) is 2.67. The summed E-state index contributed by atoms with van der Waals surface area (Å²) in [6.07, 6.45) is 3.30. The third-order valence-corrected chi connectivity index (χ3v) is 4.19. The molecule has 1 aliphatic carbocycles. The molecule has 1 spiro atoms. The van der Waals surface area contributed by atoms with Crippen molar-refractivity contribution in [3.63, 3.8) is 0 Å². The Hall–Kier alpha value is -2.08. The van der Waals surface area contributed by atoms with Crippen LogP contribution in [0.4, 0.5) is 5.69 Å². The highest BCUT2D eigenvalue weighted by molar-refractivity contribution is 6.00. The predicted octanol–water partition coefficient (Wildman–Crippen LogP) is 2.61. The van der Waals surface area contributed by atoms with E-state index in [9.17, 15) is 4.79 Å². The van der Waals surface area contributed by atoms with Gasteiger partial charge in [-0.05, 0) is 25.0 Å². The van der Waals surface area contributed by atoms with Gasteiger partial charge in [0.25, 0.3) is 0 Å². The SMILES string of the molecule is Cc1ccccc1N1CC2(C=C(C#N)C(=O)CC2)C1. The van der Waals surface area contributed by atoms with Gasteiger partial charge in [0.1, 0.15) is 6.07 Å². The molecule has 0 atom stereocenters. The number of anilines is 1. The lowest BCUT2D eigenvalue weighted by molar-refractivity contribution is -0.116. The second-order valence-electron chi connectivity index (χ2n) is 5.60. The van der Waals surface area contributed by atoms with Crippen molar-refractivity contribution in [1.29, 1.82) is 5.26 Å². The second kappa shape index (κ2) is 4.24. The minimum atomic E-state index is 0.00228. The zero-order valence-electron chi connectivity index (χ0n) is 11.0. The number of nitrogens with zero attached hydrogens (tertiary/aromatic N) is 2. The average molecular weight is 252 g/mol. The van der Waals surface area contributed by atoms with Crippen LogP contribution in [0.5, 0.6) is 0 Å². The van der Waals surface area contributed by atoms with Gasteiger partial charge in [-0.2, -0.15) is 5.26 Å². The topological polar surface area (TPSA) is 44.1 Å². The summed E-state index contributed by atoms with van der Waals surface area (Å²) in [4.78, 5) is 13.9. The first-order valence-corrected chi connectivity index (χ1v) is 6.60. The number of carbonyl (C=O) groups excluding carboxylic acids is 1. The van der Waals surface area contributed by atoms with Crippen LogP contribution in [0, 0.1) is 23.7 Å². The molecule has 1 aliphatic heterocycles. The van der Waals surface area contributed by atoms with Gasteiger partial charge in [-0.15, -0.1) is 0 Å². The lowest BCUT2D eigenvalue weighted by Crippen LogP contribution is -2.57. The largest absolute Gasteiger partial charge is 0.369 e. The molecule has 0 aromatic heterocycles. The first kappa shape index (κ1) is 12.0. The zero-order chi connectivity index (χ0) is 13.5. The van der Waals surface area contributed by atoms with Crippen molar-refractivity contribution in [3.05, 3.63) is 41.5 Å². The number of para-hydroxylation sites is 1. The molecule has 0 radical (unpaired) electrons. The average Bonchev–Trinajstić information content (AvgIpc) is 2.38. The maximum atomic E-state index is 11.6. The number of carbonyl (C=O) groups is 1. The lowest BCUT2D eigenvalue weighted by Gasteiger charge is -2.51. The lowest BCUT2D eigenvalue weighted by atomic mass is 9.70. The molecule has 0 N–H and O–H groups in total. The number of Topliss-reactive ketones (excluding diaryl/α,β-unsaturated/α-hetero) is 1. The molecule has 0 bridgehead atoms. The van der Waals surface area contributed by atoms with Crippen LogP contribution in [-0.2, 0) is 4.79 Å². The van der Waals surface area contributed by atoms with Crippen LogP contribution >= 0.6 is 0 Å². The molecule has 3 heteroatoms. The van der Waals surface area contributed by atoms with Gasteiger partial charge in [-0.25, -0.2) is 0 Å². The summed E-state index contributed by atoms with van der Waals surface area (Å²) in [6, 6.07) is 10.4.